The molecule has 1 saturated carbocycles. The summed E-state index contributed by atoms with van der Waals surface area (Å²) in [5.41, 5.74) is 0. The third-order valence-electron chi connectivity index (χ3n) is 3.95. The fourth-order valence-electron chi connectivity index (χ4n) is 2.89. The van der Waals surface area contributed by atoms with Crippen LogP contribution in [0.5, 0.6) is 0 Å². The van der Waals surface area contributed by atoms with Gasteiger partial charge in [0.2, 0.25) is 0 Å². The highest BCUT2D eigenvalue weighted by Crippen LogP contribution is 2.27. The van der Waals surface area contributed by atoms with Gasteiger partial charge in [0.1, 0.15) is 0 Å². The third-order valence-corrected chi connectivity index (χ3v) is 5.85. The van der Waals surface area contributed by atoms with Gasteiger partial charge in [-0.25, -0.2) is 0 Å². The minimum atomic E-state index is -0.625. The Morgan fingerprint density at radius 3 is 2.67 bits per heavy atom. The maximum Gasteiger partial charge on any atom is 0.0391 e. The van der Waals surface area contributed by atoms with Gasteiger partial charge in [-0.2, -0.15) is 0 Å². The van der Waals surface area contributed by atoms with Crippen LogP contribution in [-0.4, -0.2) is 27.8 Å². The first-order chi connectivity index (χ1) is 8.67. The zero-order chi connectivity index (χ0) is 13.4. The van der Waals surface area contributed by atoms with Crippen LogP contribution >= 0.6 is 0 Å². The van der Waals surface area contributed by atoms with Crippen LogP contribution in [0.1, 0.15) is 65.7 Å². The molecular formula is C15H31NOS. The molecule has 0 saturated heterocycles. The Hall–Kier alpha value is 0.110. The van der Waals surface area contributed by atoms with E-state index in [2.05, 4.69) is 26.1 Å². The lowest BCUT2D eigenvalue weighted by Crippen LogP contribution is -2.37. The lowest BCUT2D eigenvalue weighted by molar-refractivity contribution is 0.388. The maximum atomic E-state index is 12.5. The van der Waals surface area contributed by atoms with E-state index in [1.54, 1.807) is 0 Å². The van der Waals surface area contributed by atoms with Crippen molar-refractivity contribution in [1.29, 1.82) is 0 Å². The average molecular weight is 273 g/mol. The first-order valence-corrected chi connectivity index (χ1v) is 9.16. The van der Waals surface area contributed by atoms with Crippen LogP contribution in [0.4, 0.5) is 0 Å². The van der Waals surface area contributed by atoms with E-state index >= 15 is 0 Å². The van der Waals surface area contributed by atoms with E-state index in [9.17, 15) is 4.21 Å². The first-order valence-electron chi connectivity index (χ1n) is 7.77. The van der Waals surface area contributed by atoms with Gasteiger partial charge < -0.3 is 5.32 Å². The summed E-state index contributed by atoms with van der Waals surface area (Å²) in [6, 6.07) is 0.466. The summed E-state index contributed by atoms with van der Waals surface area (Å²) in [4.78, 5) is 0. The fraction of sp³-hybridized carbons (Fsp3) is 1.00. The molecule has 1 rings (SSSR count). The average Bonchev–Trinajstić information content (AvgIpc) is 2.36. The molecule has 0 heterocycles. The highest BCUT2D eigenvalue weighted by Gasteiger charge is 2.25. The fourth-order valence-corrected chi connectivity index (χ4v) is 4.82. The number of rotatable bonds is 8. The van der Waals surface area contributed by atoms with Gasteiger partial charge in [0.05, 0.1) is 0 Å². The van der Waals surface area contributed by atoms with E-state index in [0.29, 0.717) is 11.3 Å². The van der Waals surface area contributed by atoms with Gasteiger partial charge in [-0.3, -0.25) is 4.21 Å². The molecule has 1 fully saturated rings. The SMILES string of the molecule is CCCNC(CCC)CS(=O)C1CCCC(C)C1. The molecule has 4 atom stereocenters. The zero-order valence-corrected chi connectivity index (χ0v) is 13.2. The second-order valence-electron chi connectivity index (χ2n) is 5.88. The van der Waals surface area contributed by atoms with Crippen LogP contribution in [0, 0.1) is 5.92 Å². The summed E-state index contributed by atoms with van der Waals surface area (Å²) in [5, 5.41) is 4.03. The van der Waals surface area contributed by atoms with E-state index in [0.717, 1.165) is 31.1 Å². The molecule has 1 aliphatic carbocycles. The molecule has 1 aliphatic rings. The van der Waals surface area contributed by atoms with Gasteiger partial charge in [-0.15, -0.1) is 0 Å². The van der Waals surface area contributed by atoms with Gasteiger partial charge in [-0.1, -0.05) is 40.0 Å². The first kappa shape index (κ1) is 16.2. The third kappa shape index (κ3) is 5.83. The lowest BCUT2D eigenvalue weighted by atomic mass is 9.91. The topological polar surface area (TPSA) is 29.1 Å². The normalized spacial score (nSPS) is 27.9. The Morgan fingerprint density at radius 2 is 2.06 bits per heavy atom. The Morgan fingerprint density at radius 1 is 1.28 bits per heavy atom. The summed E-state index contributed by atoms with van der Waals surface area (Å²) in [6.07, 6.45) is 8.47. The summed E-state index contributed by atoms with van der Waals surface area (Å²) in [6.45, 7) is 7.77. The molecular weight excluding hydrogens is 242 g/mol. The van der Waals surface area contributed by atoms with Crippen molar-refractivity contribution in [3.63, 3.8) is 0 Å². The minimum Gasteiger partial charge on any atom is -0.313 e. The monoisotopic (exact) mass is 273 g/mol. The molecule has 0 bridgehead atoms. The highest BCUT2D eigenvalue weighted by molar-refractivity contribution is 7.85. The van der Waals surface area contributed by atoms with Gasteiger partial charge >= 0.3 is 0 Å². The predicted molar refractivity (Wildman–Crippen MR) is 81.4 cm³/mol. The van der Waals surface area contributed by atoms with Crippen molar-refractivity contribution in [2.45, 2.75) is 77.0 Å². The zero-order valence-electron chi connectivity index (χ0n) is 12.4. The molecule has 0 amide bonds. The van der Waals surface area contributed by atoms with Crippen molar-refractivity contribution in [2.24, 2.45) is 5.92 Å². The van der Waals surface area contributed by atoms with E-state index in [4.69, 9.17) is 0 Å². The molecule has 3 heteroatoms. The number of hydrogen-bond donors (Lipinski definition) is 1. The van der Waals surface area contributed by atoms with E-state index < -0.39 is 10.8 Å². The largest absolute Gasteiger partial charge is 0.313 e. The van der Waals surface area contributed by atoms with Crippen LogP contribution in [-0.2, 0) is 10.8 Å². The molecule has 0 aromatic heterocycles. The summed E-state index contributed by atoms with van der Waals surface area (Å²) in [5.74, 6) is 1.64. The Bertz CT molecular complexity index is 245. The Kier molecular flexibility index (Phi) is 8.16. The molecule has 0 radical (unpaired) electrons. The standard InChI is InChI=1S/C15H31NOS/c1-4-7-14(16-10-5-2)12-18(17)15-9-6-8-13(3)11-15/h13-16H,4-12H2,1-3H3. The van der Waals surface area contributed by atoms with Crippen LogP contribution in [0.3, 0.4) is 0 Å². The van der Waals surface area contributed by atoms with Crippen LogP contribution in [0.2, 0.25) is 0 Å². The summed E-state index contributed by atoms with van der Waals surface area (Å²) < 4.78 is 12.5. The summed E-state index contributed by atoms with van der Waals surface area (Å²) in [7, 11) is -0.625. The molecule has 2 nitrogen and oxygen atoms in total. The maximum absolute atomic E-state index is 12.5. The van der Waals surface area contributed by atoms with Gasteiger partial charge in [0, 0.05) is 27.8 Å². The predicted octanol–water partition coefficient (Wildman–Crippen LogP) is 3.48. The number of nitrogens with one attached hydrogen (secondary N) is 1. The smallest absolute Gasteiger partial charge is 0.0391 e. The summed E-state index contributed by atoms with van der Waals surface area (Å²) >= 11 is 0. The minimum absolute atomic E-state index is 0.466. The molecule has 108 valence electrons. The van der Waals surface area contributed by atoms with Crippen molar-refractivity contribution in [3.8, 4) is 0 Å². The van der Waals surface area contributed by atoms with Crippen molar-refractivity contribution in [2.75, 3.05) is 12.3 Å². The van der Waals surface area contributed by atoms with Gasteiger partial charge in [0.15, 0.2) is 0 Å². The van der Waals surface area contributed by atoms with Crippen molar-refractivity contribution in [3.05, 3.63) is 0 Å². The van der Waals surface area contributed by atoms with Crippen molar-refractivity contribution in [1.82, 2.24) is 5.32 Å². The Labute approximate surface area is 116 Å². The second-order valence-corrected chi connectivity index (χ2v) is 7.64. The van der Waals surface area contributed by atoms with Crippen molar-refractivity contribution < 1.29 is 4.21 Å². The van der Waals surface area contributed by atoms with Crippen LogP contribution in [0.25, 0.3) is 0 Å². The quantitative estimate of drug-likeness (QED) is 0.733. The van der Waals surface area contributed by atoms with Gasteiger partial charge in [-0.05, 0) is 38.1 Å². The molecule has 0 aromatic rings. The van der Waals surface area contributed by atoms with E-state index in [-0.39, 0.29) is 0 Å². The molecule has 18 heavy (non-hydrogen) atoms. The van der Waals surface area contributed by atoms with Crippen LogP contribution in [0.15, 0.2) is 0 Å². The number of hydrogen-bond acceptors (Lipinski definition) is 2. The molecule has 0 aliphatic heterocycles. The Balaban J connectivity index is 2.38. The molecule has 0 aromatic carbocycles. The molecule has 0 spiro atoms. The van der Waals surface area contributed by atoms with Gasteiger partial charge in [0.25, 0.3) is 0 Å². The second kappa shape index (κ2) is 9.08. The van der Waals surface area contributed by atoms with E-state index in [1.165, 1.54) is 32.1 Å². The van der Waals surface area contributed by atoms with Crippen molar-refractivity contribution >= 4 is 10.8 Å². The lowest BCUT2D eigenvalue weighted by Gasteiger charge is -2.28. The molecule has 4 unspecified atom stereocenters. The molecule has 1 N–H and O–H groups in total. The highest BCUT2D eigenvalue weighted by atomic mass is 32.2. The van der Waals surface area contributed by atoms with E-state index in [1.807, 2.05) is 0 Å². The van der Waals surface area contributed by atoms with Crippen LogP contribution < -0.4 is 5.32 Å².